The number of nitrogens with zero attached hydrogens (tertiary/aromatic N) is 1. The van der Waals surface area contributed by atoms with Crippen molar-refractivity contribution in [2.45, 2.75) is 13.8 Å². The summed E-state index contributed by atoms with van der Waals surface area (Å²) in [4.78, 5) is 16.2. The highest BCUT2D eigenvalue weighted by molar-refractivity contribution is 6.22. The second kappa shape index (κ2) is 7.70. The fourth-order valence-corrected chi connectivity index (χ4v) is 2.59. The van der Waals surface area contributed by atoms with Crippen LogP contribution in [0.2, 0.25) is 0 Å². The van der Waals surface area contributed by atoms with Crippen LogP contribution in [0, 0.1) is 0 Å². The van der Waals surface area contributed by atoms with E-state index in [1.54, 1.807) is 19.9 Å². The second-order valence-electron chi connectivity index (χ2n) is 5.66. The Bertz CT molecular complexity index is 911. The molecule has 0 fully saturated rings. The molecular weight excluding hydrogens is 330 g/mol. The normalized spacial score (nSPS) is 15.2. The number of aliphatic hydroxyl groups excluding tert-OH is 1. The van der Waals surface area contributed by atoms with E-state index in [-0.39, 0.29) is 17.9 Å². The van der Waals surface area contributed by atoms with Gasteiger partial charge in [0, 0.05) is 0 Å². The van der Waals surface area contributed by atoms with Gasteiger partial charge in [0.15, 0.2) is 5.76 Å². The van der Waals surface area contributed by atoms with E-state index < -0.39 is 5.97 Å². The lowest BCUT2D eigenvalue weighted by molar-refractivity contribution is -0.138. The minimum absolute atomic E-state index is 0.106. The third-order valence-electron chi connectivity index (χ3n) is 3.75. The highest BCUT2D eigenvalue weighted by atomic mass is 16.5. The SMILES string of the molecule is CCOC(=O)C1=C(O)/C(=C\c2cccc(Oc3ccccc3)c2)N=C1C. The summed E-state index contributed by atoms with van der Waals surface area (Å²) >= 11 is 0. The van der Waals surface area contributed by atoms with Crippen LogP contribution in [-0.4, -0.2) is 23.4 Å². The Morgan fingerprint density at radius 3 is 2.58 bits per heavy atom. The molecule has 0 radical (unpaired) electrons. The number of aliphatic hydroxyl groups is 1. The fraction of sp³-hybridized carbons (Fsp3) is 0.143. The average Bonchev–Trinajstić information content (AvgIpc) is 2.90. The number of aliphatic imine (C=N–C) groups is 1. The molecule has 26 heavy (non-hydrogen) atoms. The molecule has 0 bridgehead atoms. The Morgan fingerprint density at radius 2 is 1.85 bits per heavy atom. The molecule has 1 aliphatic heterocycles. The van der Waals surface area contributed by atoms with Crippen LogP contribution in [0.4, 0.5) is 0 Å². The van der Waals surface area contributed by atoms with E-state index in [9.17, 15) is 9.90 Å². The minimum atomic E-state index is -0.573. The van der Waals surface area contributed by atoms with E-state index in [0.29, 0.717) is 17.2 Å². The first kappa shape index (κ1) is 17.5. The number of rotatable bonds is 5. The number of carbonyl (C=O) groups is 1. The van der Waals surface area contributed by atoms with Crippen LogP contribution in [0.15, 0.2) is 76.6 Å². The second-order valence-corrected chi connectivity index (χ2v) is 5.66. The summed E-state index contributed by atoms with van der Waals surface area (Å²) in [6.07, 6.45) is 1.70. The van der Waals surface area contributed by atoms with Gasteiger partial charge in [-0.2, -0.15) is 0 Å². The lowest BCUT2D eigenvalue weighted by Gasteiger charge is -2.06. The van der Waals surface area contributed by atoms with Crippen molar-refractivity contribution in [2.24, 2.45) is 4.99 Å². The van der Waals surface area contributed by atoms with Gasteiger partial charge in [0.25, 0.3) is 0 Å². The van der Waals surface area contributed by atoms with Crippen molar-refractivity contribution in [2.75, 3.05) is 6.61 Å². The molecule has 0 aromatic heterocycles. The van der Waals surface area contributed by atoms with Gasteiger partial charge in [-0.25, -0.2) is 9.79 Å². The number of hydrogen-bond acceptors (Lipinski definition) is 5. The molecule has 5 nitrogen and oxygen atoms in total. The van der Waals surface area contributed by atoms with Crippen LogP contribution < -0.4 is 4.74 Å². The molecule has 0 saturated carbocycles. The van der Waals surface area contributed by atoms with Crippen LogP contribution in [0.1, 0.15) is 19.4 Å². The van der Waals surface area contributed by atoms with Crippen LogP contribution in [0.3, 0.4) is 0 Å². The lowest BCUT2D eigenvalue weighted by Crippen LogP contribution is -2.13. The zero-order valence-corrected chi connectivity index (χ0v) is 14.6. The van der Waals surface area contributed by atoms with Crippen LogP contribution in [0.25, 0.3) is 6.08 Å². The van der Waals surface area contributed by atoms with Crippen LogP contribution in [0.5, 0.6) is 11.5 Å². The van der Waals surface area contributed by atoms with Gasteiger partial charge < -0.3 is 14.6 Å². The van der Waals surface area contributed by atoms with Crippen LogP contribution in [-0.2, 0) is 9.53 Å². The molecule has 1 heterocycles. The predicted octanol–water partition coefficient (Wildman–Crippen LogP) is 4.67. The molecule has 0 amide bonds. The van der Waals surface area contributed by atoms with E-state index in [1.807, 2.05) is 54.6 Å². The Morgan fingerprint density at radius 1 is 1.12 bits per heavy atom. The predicted molar refractivity (Wildman–Crippen MR) is 100 cm³/mol. The summed E-state index contributed by atoms with van der Waals surface area (Å²) in [6.45, 7) is 3.62. The number of carbonyl (C=O) groups excluding carboxylic acids is 1. The Hall–Kier alpha value is -3.34. The monoisotopic (exact) mass is 349 g/mol. The van der Waals surface area contributed by atoms with Crippen molar-refractivity contribution in [1.29, 1.82) is 0 Å². The molecule has 5 heteroatoms. The molecule has 0 aliphatic carbocycles. The van der Waals surface area contributed by atoms with Gasteiger partial charge in [0.1, 0.15) is 22.8 Å². The molecule has 0 unspecified atom stereocenters. The molecular formula is C21H19NO4. The van der Waals surface area contributed by atoms with E-state index in [4.69, 9.17) is 9.47 Å². The molecule has 3 rings (SSSR count). The van der Waals surface area contributed by atoms with E-state index in [0.717, 1.165) is 11.3 Å². The maximum Gasteiger partial charge on any atom is 0.343 e. The molecule has 2 aromatic rings. The summed E-state index contributed by atoms with van der Waals surface area (Å²) in [7, 11) is 0. The van der Waals surface area contributed by atoms with Gasteiger partial charge in [0.2, 0.25) is 0 Å². The van der Waals surface area contributed by atoms with Gasteiger partial charge in [-0.1, -0.05) is 30.3 Å². The van der Waals surface area contributed by atoms with Gasteiger partial charge in [-0.15, -0.1) is 0 Å². The van der Waals surface area contributed by atoms with Gasteiger partial charge in [-0.05, 0) is 49.8 Å². The maximum atomic E-state index is 12.0. The summed E-state index contributed by atoms with van der Waals surface area (Å²) in [5.41, 5.74) is 1.66. The standard InChI is InChI=1S/C21H19NO4/c1-3-25-21(24)19-14(2)22-18(20(19)23)13-15-8-7-11-17(12-15)26-16-9-5-4-6-10-16/h4-13,23H,3H2,1-2H3/b18-13+. The third-order valence-corrected chi connectivity index (χ3v) is 3.75. The smallest absolute Gasteiger partial charge is 0.343 e. The largest absolute Gasteiger partial charge is 0.505 e. The summed E-state index contributed by atoms with van der Waals surface area (Å²) in [5.74, 6) is 0.656. The molecule has 1 N–H and O–H groups in total. The molecule has 132 valence electrons. The zero-order valence-electron chi connectivity index (χ0n) is 14.6. The fourth-order valence-electron chi connectivity index (χ4n) is 2.59. The molecule has 0 atom stereocenters. The topological polar surface area (TPSA) is 68.1 Å². The van der Waals surface area contributed by atoms with E-state index in [2.05, 4.69) is 4.99 Å². The Kier molecular flexibility index (Phi) is 5.17. The first-order valence-electron chi connectivity index (χ1n) is 8.29. The number of hydrogen-bond donors (Lipinski definition) is 1. The molecule has 0 spiro atoms. The average molecular weight is 349 g/mol. The van der Waals surface area contributed by atoms with Crippen molar-refractivity contribution < 1.29 is 19.4 Å². The van der Waals surface area contributed by atoms with Gasteiger partial charge in [0.05, 0.1) is 12.3 Å². The zero-order chi connectivity index (χ0) is 18.5. The third kappa shape index (κ3) is 3.83. The molecule has 2 aromatic carbocycles. The Labute approximate surface area is 151 Å². The summed E-state index contributed by atoms with van der Waals surface area (Å²) in [5, 5.41) is 10.3. The van der Waals surface area contributed by atoms with Crippen molar-refractivity contribution in [3.8, 4) is 11.5 Å². The highest BCUT2D eigenvalue weighted by Crippen LogP contribution is 2.28. The van der Waals surface area contributed by atoms with Crippen molar-refractivity contribution in [1.82, 2.24) is 0 Å². The minimum Gasteiger partial charge on any atom is -0.505 e. The summed E-state index contributed by atoms with van der Waals surface area (Å²) in [6, 6.07) is 16.9. The van der Waals surface area contributed by atoms with Gasteiger partial charge >= 0.3 is 5.97 Å². The Balaban J connectivity index is 1.86. The number of ether oxygens (including phenoxy) is 2. The lowest BCUT2D eigenvalue weighted by atomic mass is 10.1. The van der Waals surface area contributed by atoms with E-state index >= 15 is 0 Å². The maximum absolute atomic E-state index is 12.0. The number of esters is 1. The van der Waals surface area contributed by atoms with Crippen LogP contribution >= 0.6 is 0 Å². The van der Waals surface area contributed by atoms with Crippen molar-refractivity contribution in [3.05, 3.63) is 77.2 Å². The molecule has 1 aliphatic rings. The molecule has 0 saturated heterocycles. The number of para-hydroxylation sites is 1. The quantitative estimate of drug-likeness (QED) is 0.797. The van der Waals surface area contributed by atoms with Crippen molar-refractivity contribution in [3.63, 3.8) is 0 Å². The first-order valence-corrected chi connectivity index (χ1v) is 8.29. The van der Waals surface area contributed by atoms with Crippen molar-refractivity contribution >= 4 is 17.8 Å². The van der Waals surface area contributed by atoms with E-state index in [1.165, 1.54) is 0 Å². The number of benzene rings is 2. The summed E-state index contributed by atoms with van der Waals surface area (Å²) < 4.78 is 10.8. The first-order chi connectivity index (χ1) is 12.6. The van der Waals surface area contributed by atoms with Gasteiger partial charge in [-0.3, -0.25) is 0 Å². The highest BCUT2D eigenvalue weighted by Gasteiger charge is 2.27.